The van der Waals surface area contributed by atoms with E-state index in [1.54, 1.807) is 11.9 Å². The van der Waals surface area contributed by atoms with Crippen molar-refractivity contribution in [2.75, 3.05) is 18.9 Å². The van der Waals surface area contributed by atoms with E-state index in [0.717, 1.165) is 42.5 Å². The van der Waals surface area contributed by atoms with E-state index in [4.69, 9.17) is 0 Å². The zero-order valence-electron chi connectivity index (χ0n) is 13.2. The van der Waals surface area contributed by atoms with Crippen molar-refractivity contribution in [1.29, 1.82) is 0 Å². The lowest BCUT2D eigenvalue weighted by Gasteiger charge is -2.31. The van der Waals surface area contributed by atoms with E-state index >= 15 is 0 Å². The van der Waals surface area contributed by atoms with E-state index in [0.29, 0.717) is 6.54 Å². The van der Waals surface area contributed by atoms with Gasteiger partial charge in [0.1, 0.15) is 0 Å². The third kappa shape index (κ3) is 3.97. The van der Waals surface area contributed by atoms with Crippen molar-refractivity contribution in [2.24, 2.45) is 5.92 Å². The number of anilines is 1. The molecule has 21 heavy (non-hydrogen) atoms. The third-order valence-electron chi connectivity index (χ3n) is 4.57. The topological polar surface area (TPSA) is 52.6 Å². The molecular formula is C17H26N2O2. The summed E-state index contributed by atoms with van der Waals surface area (Å²) in [6, 6.07) is 5.79. The minimum atomic E-state index is -0.269. The molecule has 0 aliphatic heterocycles. The fourth-order valence-corrected chi connectivity index (χ4v) is 2.93. The summed E-state index contributed by atoms with van der Waals surface area (Å²) in [5.74, 6) is 0.202. The Balaban J connectivity index is 1.94. The van der Waals surface area contributed by atoms with Gasteiger partial charge in [-0.15, -0.1) is 0 Å². The van der Waals surface area contributed by atoms with Crippen molar-refractivity contribution in [1.82, 2.24) is 4.90 Å². The monoisotopic (exact) mass is 290 g/mol. The highest BCUT2D eigenvalue weighted by Crippen LogP contribution is 2.25. The van der Waals surface area contributed by atoms with Crippen LogP contribution in [0.3, 0.4) is 0 Å². The normalized spacial score (nSPS) is 21.9. The van der Waals surface area contributed by atoms with Crippen LogP contribution in [-0.2, 0) is 0 Å². The summed E-state index contributed by atoms with van der Waals surface area (Å²) >= 11 is 0. The van der Waals surface area contributed by atoms with Crippen LogP contribution >= 0.6 is 0 Å². The molecule has 0 aromatic heterocycles. The SMILES string of the molecule is Cc1cccc(NC(=O)N(C)CC2CCCCC2O)c1C. The van der Waals surface area contributed by atoms with Crippen LogP contribution in [0.15, 0.2) is 18.2 Å². The highest BCUT2D eigenvalue weighted by atomic mass is 16.3. The minimum absolute atomic E-state index is 0.110. The molecule has 1 aromatic rings. The van der Waals surface area contributed by atoms with Gasteiger partial charge in [0.05, 0.1) is 6.10 Å². The van der Waals surface area contributed by atoms with Crippen molar-refractivity contribution < 1.29 is 9.90 Å². The zero-order valence-corrected chi connectivity index (χ0v) is 13.2. The maximum Gasteiger partial charge on any atom is 0.321 e. The average Bonchev–Trinajstić information content (AvgIpc) is 2.46. The highest BCUT2D eigenvalue weighted by Gasteiger charge is 2.25. The molecule has 2 amide bonds. The molecule has 0 spiro atoms. The average molecular weight is 290 g/mol. The second kappa shape index (κ2) is 6.94. The Labute approximate surface area is 127 Å². The first-order valence-corrected chi connectivity index (χ1v) is 7.75. The van der Waals surface area contributed by atoms with Gasteiger partial charge in [-0.2, -0.15) is 0 Å². The van der Waals surface area contributed by atoms with Gasteiger partial charge < -0.3 is 15.3 Å². The maximum absolute atomic E-state index is 12.3. The van der Waals surface area contributed by atoms with E-state index in [1.807, 2.05) is 32.0 Å². The van der Waals surface area contributed by atoms with Crippen LogP contribution in [0.4, 0.5) is 10.5 Å². The van der Waals surface area contributed by atoms with E-state index in [2.05, 4.69) is 5.32 Å². The van der Waals surface area contributed by atoms with Crippen LogP contribution in [0.2, 0.25) is 0 Å². The molecule has 4 nitrogen and oxygen atoms in total. The zero-order chi connectivity index (χ0) is 15.4. The second-order valence-corrected chi connectivity index (χ2v) is 6.17. The number of aryl methyl sites for hydroxylation is 1. The van der Waals surface area contributed by atoms with Crippen molar-refractivity contribution in [3.05, 3.63) is 29.3 Å². The first-order valence-electron chi connectivity index (χ1n) is 7.75. The van der Waals surface area contributed by atoms with Crippen molar-refractivity contribution in [2.45, 2.75) is 45.6 Å². The summed E-state index contributed by atoms with van der Waals surface area (Å²) in [6.45, 7) is 4.65. The molecule has 1 saturated carbocycles. The molecule has 2 N–H and O–H groups in total. The number of rotatable bonds is 3. The highest BCUT2D eigenvalue weighted by molar-refractivity contribution is 5.90. The number of nitrogens with one attached hydrogen (secondary N) is 1. The minimum Gasteiger partial charge on any atom is -0.393 e. The van der Waals surface area contributed by atoms with Crippen molar-refractivity contribution >= 4 is 11.7 Å². The lowest BCUT2D eigenvalue weighted by Crippen LogP contribution is -2.40. The number of nitrogens with zero attached hydrogens (tertiary/aromatic N) is 1. The fraction of sp³-hybridized carbons (Fsp3) is 0.588. The predicted molar refractivity (Wildman–Crippen MR) is 85.5 cm³/mol. The van der Waals surface area contributed by atoms with E-state index in [1.165, 1.54) is 0 Å². The van der Waals surface area contributed by atoms with Gasteiger partial charge in [-0.05, 0) is 43.9 Å². The first kappa shape index (κ1) is 15.8. The summed E-state index contributed by atoms with van der Waals surface area (Å²) < 4.78 is 0. The number of urea groups is 1. The van der Waals surface area contributed by atoms with E-state index in [-0.39, 0.29) is 18.1 Å². The van der Waals surface area contributed by atoms with Gasteiger partial charge in [-0.1, -0.05) is 25.0 Å². The van der Waals surface area contributed by atoms with Gasteiger partial charge in [0.15, 0.2) is 0 Å². The Hall–Kier alpha value is -1.55. The molecule has 0 saturated heterocycles. The summed E-state index contributed by atoms with van der Waals surface area (Å²) in [6.07, 6.45) is 3.83. The number of amides is 2. The molecule has 2 atom stereocenters. The smallest absolute Gasteiger partial charge is 0.321 e. The number of carbonyl (C=O) groups excluding carboxylic acids is 1. The van der Waals surface area contributed by atoms with Crippen LogP contribution in [0.25, 0.3) is 0 Å². The van der Waals surface area contributed by atoms with Crippen LogP contribution in [-0.4, -0.2) is 35.7 Å². The van der Waals surface area contributed by atoms with Gasteiger partial charge in [0.25, 0.3) is 0 Å². The van der Waals surface area contributed by atoms with Gasteiger partial charge in [0.2, 0.25) is 0 Å². The predicted octanol–water partition coefficient (Wildman–Crippen LogP) is 3.32. The number of hydrogen-bond acceptors (Lipinski definition) is 2. The first-order chi connectivity index (χ1) is 9.99. The molecule has 2 rings (SSSR count). The van der Waals surface area contributed by atoms with Gasteiger partial charge in [-0.3, -0.25) is 0 Å². The van der Waals surface area contributed by atoms with Crippen LogP contribution in [0.5, 0.6) is 0 Å². The molecule has 1 aliphatic carbocycles. The summed E-state index contributed by atoms with van der Waals surface area (Å²) in [5, 5.41) is 13.0. The number of aliphatic hydroxyl groups is 1. The van der Waals surface area contributed by atoms with E-state index in [9.17, 15) is 9.90 Å². The molecule has 2 unspecified atom stereocenters. The number of hydrogen-bond donors (Lipinski definition) is 2. The number of benzene rings is 1. The summed E-state index contributed by atoms with van der Waals surface area (Å²) in [4.78, 5) is 14.0. The quantitative estimate of drug-likeness (QED) is 0.897. The van der Waals surface area contributed by atoms with Gasteiger partial charge in [0, 0.05) is 25.2 Å². The van der Waals surface area contributed by atoms with Crippen LogP contribution in [0.1, 0.15) is 36.8 Å². The van der Waals surface area contributed by atoms with Crippen LogP contribution in [0, 0.1) is 19.8 Å². The third-order valence-corrected chi connectivity index (χ3v) is 4.57. The molecule has 1 aliphatic rings. The lowest BCUT2D eigenvalue weighted by molar-refractivity contribution is 0.0575. The Morgan fingerprint density at radius 1 is 1.33 bits per heavy atom. The molecule has 116 valence electrons. The van der Waals surface area contributed by atoms with Gasteiger partial charge in [-0.25, -0.2) is 4.79 Å². The molecule has 0 heterocycles. The Bertz CT molecular complexity index is 502. The largest absolute Gasteiger partial charge is 0.393 e. The molecule has 0 radical (unpaired) electrons. The number of carbonyl (C=O) groups is 1. The lowest BCUT2D eigenvalue weighted by atomic mass is 9.86. The molecular weight excluding hydrogens is 264 g/mol. The standard InChI is InChI=1S/C17H26N2O2/c1-12-7-6-9-15(13(12)2)18-17(21)19(3)11-14-8-4-5-10-16(14)20/h6-7,9,14,16,20H,4-5,8,10-11H2,1-3H3,(H,18,21). The van der Waals surface area contributed by atoms with Crippen LogP contribution < -0.4 is 5.32 Å². The Kier molecular flexibility index (Phi) is 5.23. The molecule has 1 fully saturated rings. The van der Waals surface area contributed by atoms with Gasteiger partial charge >= 0.3 is 6.03 Å². The van der Waals surface area contributed by atoms with Crippen molar-refractivity contribution in [3.63, 3.8) is 0 Å². The maximum atomic E-state index is 12.3. The molecule has 0 bridgehead atoms. The number of aliphatic hydroxyl groups excluding tert-OH is 1. The summed E-state index contributed by atoms with van der Waals surface area (Å²) in [7, 11) is 1.79. The Morgan fingerprint density at radius 3 is 2.76 bits per heavy atom. The van der Waals surface area contributed by atoms with E-state index < -0.39 is 0 Å². The molecule has 4 heteroatoms. The van der Waals surface area contributed by atoms with Crippen molar-refractivity contribution in [3.8, 4) is 0 Å². The second-order valence-electron chi connectivity index (χ2n) is 6.17. The summed E-state index contributed by atoms with van der Waals surface area (Å²) in [5.41, 5.74) is 3.12. The Morgan fingerprint density at radius 2 is 2.05 bits per heavy atom. The molecule has 1 aromatic carbocycles. The fourth-order valence-electron chi connectivity index (χ4n) is 2.93.